The number of hydrogen-bond acceptors (Lipinski definition) is 7. The van der Waals surface area contributed by atoms with Gasteiger partial charge in [0.25, 0.3) is 0 Å². The smallest absolute Gasteiger partial charge is 0.246 e. The molecule has 1 aromatic heterocycles. The van der Waals surface area contributed by atoms with E-state index in [0.717, 1.165) is 0 Å². The number of rotatable bonds is 8. The van der Waals surface area contributed by atoms with Gasteiger partial charge in [-0.3, -0.25) is 15.0 Å². The average Bonchev–Trinajstić information content (AvgIpc) is 2.69. The predicted octanol–water partition coefficient (Wildman–Crippen LogP) is 1.05. The average molecular weight is 403 g/mol. The number of nitrogens with zero attached hydrogens (tertiary/aromatic N) is 1. The Morgan fingerprint density at radius 1 is 1.32 bits per heavy atom. The highest BCUT2D eigenvalue weighted by atomic mass is 32.2. The molecule has 8 nitrogen and oxygen atoms in total. The Labute approximate surface area is 163 Å². The second-order valence-corrected chi connectivity index (χ2v) is 8.30. The van der Waals surface area contributed by atoms with E-state index in [2.05, 4.69) is 16.8 Å². The summed E-state index contributed by atoms with van der Waals surface area (Å²) in [5.41, 5.74) is 8.19. The normalized spacial score (nSPS) is 13.0. The standard InChI is InChI=1S/C19H21N3O5S/c1-2-3-11-27-16-6-8-17(9-7-16)28(25,26)19(20,13-18(23)22-24)12-15-5-4-10-21-14-15/h4-10,14,24H,11-13,20H2,1H3,(H,22,23). The minimum absolute atomic E-state index is 0.0708. The number of benzene rings is 1. The van der Waals surface area contributed by atoms with Crippen molar-refractivity contribution in [1.29, 1.82) is 0 Å². The topological polar surface area (TPSA) is 132 Å². The fourth-order valence-corrected chi connectivity index (χ4v) is 4.19. The molecule has 1 amide bonds. The minimum Gasteiger partial charge on any atom is -0.481 e. The minimum atomic E-state index is -4.15. The van der Waals surface area contributed by atoms with Gasteiger partial charge in [0.1, 0.15) is 17.2 Å². The second kappa shape index (κ2) is 9.32. The van der Waals surface area contributed by atoms with E-state index in [-0.39, 0.29) is 17.9 Å². The van der Waals surface area contributed by atoms with Crippen molar-refractivity contribution in [3.8, 4) is 17.6 Å². The van der Waals surface area contributed by atoms with Crippen LogP contribution in [0.1, 0.15) is 18.9 Å². The lowest BCUT2D eigenvalue weighted by Gasteiger charge is -2.28. The number of carbonyl (C=O) groups excluding carboxylic acids is 1. The van der Waals surface area contributed by atoms with E-state index < -0.39 is 27.0 Å². The number of hydrogen-bond donors (Lipinski definition) is 3. The molecule has 1 heterocycles. The number of pyridine rings is 1. The molecule has 0 aliphatic carbocycles. The fraction of sp³-hybridized carbons (Fsp3) is 0.263. The zero-order valence-electron chi connectivity index (χ0n) is 15.3. The zero-order chi connectivity index (χ0) is 20.6. The Balaban J connectivity index is 2.36. The van der Waals surface area contributed by atoms with Gasteiger partial charge in [-0.1, -0.05) is 12.0 Å². The summed E-state index contributed by atoms with van der Waals surface area (Å²) < 4.78 is 31.8. The number of nitrogens with one attached hydrogen (secondary N) is 1. The molecule has 0 aliphatic rings. The Bertz CT molecular complexity index is 966. The van der Waals surface area contributed by atoms with Crippen molar-refractivity contribution in [2.75, 3.05) is 6.61 Å². The van der Waals surface area contributed by atoms with Crippen LogP contribution in [-0.4, -0.2) is 36.0 Å². The van der Waals surface area contributed by atoms with Gasteiger partial charge in [-0.2, -0.15) is 0 Å². The summed E-state index contributed by atoms with van der Waals surface area (Å²) in [4.78, 5) is 13.6. The largest absolute Gasteiger partial charge is 0.481 e. The molecule has 0 saturated heterocycles. The van der Waals surface area contributed by atoms with E-state index in [0.29, 0.717) is 11.3 Å². The number of sulfone groups is 1. The first kappa shape index (κ1) is 21.4. The van der Waals surface area contributed by atoms with Gasteiger partial charge in [-0.25, -0.2) is 13.9 Å². The number of amides is 1. The Morgan fingerprint density at radius 2 is 2.04 bits per heavy atom. The van der Waals surface area contributed by atoms with Gasteiger partial charge in [0.15, 0.2) is 9.84 Å². The highest BCUT2D eigenvalue weighted by Crippen LogP contribution is 2.29. The SMILES string of the molecule is CC#CCOc1ccc(S(=O)(=O)C(N)(CC(=O)NO)Cc2cccnc2)cc1. The molecule has 2 aromatic rings. The summed E-state index contributed by atoms with van der Waals surface area (Å²) in [6.45, 7) is 1.87. The lowest BCUT2D eigenvalue weighted by Crippen LogP contribution is -2.52. The Morgan fingerprint density at radius 3 is 2.61 bits per heavy atom. The molecular weight excluding hydrogens is 382 g/mol. The molecule has 0 aliphatic heterocycles. The molecule has 28 heavy (non-hydrogen) atoms. The van der Waals surface area contributed by atoms with E-state index in [4.69, 9.17) is 15.7 Å². The van der Waals surface area contributed by atoms with Crippen LogP contribution >= 0.6 is 0 Å². The molecule has 4 N–H and O–H groups in total. The molecule has 0 radical (unpaired) electrons. The summed E-state index contributed by atoms with van der Waals surface area (Å²) in [7, 11) is -4.15. The second-order valence-electron chi connectivity index (χ2n) is 6.00. The van der Waals surface area contributed by atoms with Crippen molar-refractivity contribution < 1.29 is 23.2 Å². The molecule has 0 fully saturated rings. The van der Waals surface area contributed by atoms with Crippen LogP contribution in [-0.2, 0) is 21.1 Å². The molecule has 1 aromatic carbocycles. The third-order valence-electron chi connectivity index (χ3n) is 3.97. The number of aromatic nitrogens is 1. The van der Waals surface area contributed by atoms with Crippen molar-refractivity contribution in [2.45, 2.75) is 29.5 Å². The zero-order valence-corrected chi connectivity index (χ0v) is 16.1. The summed E-state index contributed by atoms with van der Waals surface area (Å²) >= 11 is 0. The molecular formula is C19H21N3O5S. The maximum atomic E-state index is 13.2. The van der Waals surface area contributed by atoms with E-state index in [9.17, 15) is 13.2 Å². The highest BCUT2D eigenvalue weighted by Gasteiger charge is 2.43. The van der Waals surface area contributed by atoms with E-state index in [1.54, 1.807) is 19.1 Å². The number of nitrogens with two attached hydrogens (primary N) is 1. The van der Waals surface area contributed by atoms with Crippen LogP contribution in [0.3, 0.4) is 0 Å². The van der Waals surface area contributed by atoms with Crippen LogP contribution in [0.25, 0.3) is 0 Å². The molecule has 0 spiro atoms. The van der Waals surface area contributed by atoms with Crippen molar-refractivity contribution >= 4 is 15.7 Å². The Hall–Kier alpha value is -2.93. The summed E-state index contributed by atoms with van der Waals surface area (Å²) in [5.74, 6) is 4.97. The predicted molar refractivity (Wildman–Crippen MR) is 102 cm³/mol. The van der Waals surface area contributed by atoms with Gasteiger partial charge < -0.3 is 10.5 Å². The molecule has 1 atom stereocenters. The third kappa shape index (κ3) is 5.07. The van der Waals surface area contributed by atoms with Gasteiger partial charge in [-0.05, 0) is 42.8 Å². The van der Waals surface area contributed by atoms with Crippen LogP contribution in [0, 0.1) is 11.8 Å². The maximum absolute atomic E-state index is 13.2. The number of hydroxylamine groups is 1. The summed E-state index contributed by atoms with van der Waals surface area (Å²) in [6, 6.07) is 8.98. The molecule has 1 unspecified atom stereocenters. The van der Waals surface area contributed by atoms with Gasteiger partial charge in [0.05, 0.1) is 11.3 Å². The number of ether oxygens (including phenoxy) is 1. The van der Waals surface area contributed by atoms with E-state index in [1.807, 2.05) is 0 Å². The van der Waals surface area contributed by atoms with E-state index in [1.165, 1.54) is 42.1 Å². The van der Waals surface area contributed by atoms with Crippen LogP contribution < -0.4 is 16.0 Å². The first-order valence-corrected chi connectivity index (χ1v) is 9.78. The fourth-order valence-electron chi connectivity index (χ4n) is 2.55. The first-order chi connectivity index (χ1) is 13.3. The van der Waals surface area contributed by atoms with Crippen LogP contribution in [0.5, 0.6) is 5.75 Å². The lowest BCUT2D eigenvalue weighted by molar-refractivity contribution is -0.129. The van der Waals surface area contributed by atoms with Crippen LogP contribution in [0.15, 0.2) is 53.7 Å². The van der Waals surface area contributed by atoms with E-state index >= 15 is 0 Å². The van der Waals surface area contributed by atoms with Gasteiger partial charge in [0, 0.05) is 18.8 Å². The molecule has 148 valence electrons. The molecule has 0 bridgehead atoms. The van der Waals surface area contributed by atoms with Crippen LogP contribution in [0.2, 0.25) is 0 Å². The molecule has 2 rings (SSSR count). The molecule has 0 saturated carbocycles. The highest BCUT2D eigenvalue weighted by molar-refractivity contribution is 7.92. The number of carbonyl (C=O) groups is 1. The van der Waals surface area contributed by atoms with Gasteiger partial charge in [0.2, 0.25) is 5.91 Å². The van der Waals surface area contributed by atoms with Gasteiger partial charge in [-0.15, -0.1) is 5.92 Å². The first-order valence-electron chi connectivity index (χ1n) is 8.30. The van der Waals surface area contributed by atoms with Crippen molar-refractivity contribution in [2.24, 2.45) is 5.73 Å². The van der Waals surface area contributed by atoms with Crippen molar-refractivity contribution in [3.05, 3.63) is 54.4 Å². The summed E-state index contributed by atoms with van der Waals surface area (Å²) in [5, 5.41) is 8.85. The monoisotopic (exact) mass is 403 g/mol. The third-order valence-corrected chi connectivity index (χ3v) is 6.22. The van der Waals surface area contributed by atoms with Crippen LogP contribution in [0.4, 0.5) is 0 Å². The summed E-state index contributed by atoms with van der Waals surface area (Å²) in [6.07, 6.45) is 2.21. The van der Waals surface area contributed by atoms with Gasteiger partial charge >= 0.3 is 0 Å². The quantitative estimate of drug-likeness (QED) is 0.341. The van der Waals surface area contributed by atoms with Crippen molar-refractivity contribution in [1.82, 2.24) is 10.5 Å². The maximum Gasteiger partial charge on any atom is 0.246 e. The lowest BCUT2D eigenvalue weighted by atomic mass is 10.0. The Kier molecular flexibility index (Phi) is 7.12. The van der Waals surface area contributed by atoms with Crippen molar-refractivity contribution in [3.63, 3.8) is 0 Å². The molecule has 9 heteroatoms.